The lowest BCUT2D eigenvalue weighted by Gasteiger charge is -2.27. The van der Waals surface area contributed by atoms with Gasteiger partial charge in [0, 0.05) is 31.1 Å². The Labute approximate surface area is 182 Å². The van der Waals surface area contributed by atoms with Gasteiger partial charge in [-0.25, -0.2) is 4.79 Å². The molecule has 0 N–H and O–H groups in total. The van der Waals surface area contributed by atoms with Crippen molar-refractivity contribution < 1.29 is 14.3 Å². The van der Waals surface area contributed by atoms with Crippen LogP contribution >= 0.6 is 0 Å². The summed E-state index contributed by atoms with van der Waals surface area (Å²) in [5, 5.41) is 0. The minimum atomic E-state index is -0.580. The first-order chi connectivity index (χ1) is 15.1. The molecule has 0 amide bonds. The van der Waals surface area contributed by atoms with Crippen LogP contribution in [0.5, 0.6) is 0 Å². The smallest absolute Gasteiger partial charge is 0.343 e. The molecule has 31 heavy (non-hydrogen) atoms. The first-order valence-electron chi connectivity index (χ1n) is 10.7. The molecule has 0 bridgehead atoms. The summed E-state index contributed by atoms with van der Waals surface area (Å²) >= 11 is 0. The van der Waals surface area contributed by atoms with Gasteiger partial charge >= 0.3 is 5.97 Å². The largest absolute Gasteiger partial charge is 0.462 e. The van der Waals surface area contributed by atoms with Gasteiger partial charge in [0.05, 0.1) is 12.7 Å². The van der Waals surface area contributed by atoms with E-state index in [0.29, 0.717) is 12.1 Å². The molecule has 5 nitrogen and oxygen atoms in total. The molecule has 2 aromatic carbocycles. The average Bonchev–Trinajstić information content (AvgIpc) is 2.81. The van der Waals surface area contributed by atoms with Gasteiger partial charge in [0.1, 0.15) is 5.56 Å². The third kappa shape index (κ3) is 4.32. The number of ether oxygens (including phenoxy) is 2. The van der Waals surface area contributed by atoms with Crippen molar-refractivity contribution in [1.29, 1.82) is 0 Å². The summed E-state index contributed by atoms with van der Waals surface area (Å²) in [6.07, 6.45) is 3.86. The third-order valence-electron chi connectivity index (χ3n) is 5.83. The van der Waals surface area contributed by atoms with Crippen LogP contribution in [-0.2, 0) is 22.4 Å². The number of nitrogens with zero attached hydrogens (tertiary/aromatic N) is 1. The number of rotatable bonds is 6. The van der Waals surface area contributed by atoms with E-state index in [2.05, 4.69) is 36.4 Å². The Kier molecular flexibility index (Phi) is 6.33. The van der Waals surface area contributed by atoms with E-state index in [1.807, 2.05) is 22.8 Å². The van der Waals surface area contributed by atoms with Gasteiger partial charge in [0.2, 0.25) is 5.43 Å². The molecule has 0 fully saturated rings. The molecule has 160 valence electrons. The summed E-state index contributed by atoms with van der Waals surface area (Å²) < 4.78 is 12.8. The van der Waals surface area contributed by atoms with E-state index >= 15 is 0 Å². The molecule has 0 saturated heterocycles. The maximum absolute atomic E-state index is 13.1. The highest BCUT2D eigenvalue weighted by Crippen LogP contribution is 2.31. The summed E-state index contributed by atoms with van der Waals surface area (Å²) in [5.74, 6) is -0.580. The van der Waals surface area contributed by atoms with Crippen molar-refractivity contribution in [2.45, 2.75) is 38.8 Å². The number of hydrogen-bond acceptors (Lipinski definition) is 4. The average molecular weight is 418 g/mol. The summed E-state index contributed by atoms with van der Waals surface area (Å²) in [6.45, 7) is 2.53. The van der Waals surface area contributed by atoms with E-state index in [-0.39, 0.29) is 23.7 Å². The van der Waals surface area contributed by atoms with Crippen molar-refractivity contribution in [3.8, 4) is 11.1 Å². The SMILES string of the molecule is CCOC(=O)c1cn(Cc2ccc(-c3ccccc3)cc2)c2c(c1=O)C(OC)CCC2. The highest BCUT2D eigenvalue weighted by Gasteiger charge is 2.29. The summed E-state index contributed by atoms with van der Waals surface area (Å²) in [5.41, 5.74) is 4.77. The molecule has 0 saturated carbocycles. The molecule has 1 unspecified atom stereocenters. The Hall–Kier alpha value is -3.18. The van der Waals surface area contributed by atoms with Gasteiger partial charge in [-0.1, -0.05) is 54.6 Å². The molecule has 0 radical (unpaired) electrons. The van der Waals surface area contributed by atoms with Crippen LogP contribution in [0.15, 0.2) is 65.6 Å². The zero-order valence-electron chi connectivity index (χ0n) is 18.0. The fraction of sp³-hybridized carbons (Fsp3) is 0.308. The van der Waals surface area contributed by atoms with Crippen molar-refractivity contribution in [3.63, 3.8) is 0 Å². The maximum Gasteiger partial charge on any atom is 0.343 e. The Morgan fingerprint density at radius 1 is 1.06 bits per heavy atom. The van der Waals surface area contributed by atoms with Gasteiger partial charge in [-0.05, 0) is 42.9 Å². The van der Waals surface area contributed by atoms with E-state index in [0.717, 1.165) is 36.1 Å². The molecule has 0 spiro atoms. The zero-order chi connectivity index (χ0) is 21.8. The molecule has 1 aliphatic rings. The summed E-state index contributed by atoms with van der Waals surface area (Å²) in [4.78, 5) is 25.6. The maximum atomic E-state index is 13.1. The predicted octanol–water partition coefficient (Wildman–Crippen LogP) is 4.76. The third-order valence-corrected chi connectivity index (χ3v) is 5.83. The second-order valence-electron chi connectivity index (χ2n) is 7.76. The number of aromatic nitrogens is 1. The molecule has 1 aromatic heterocycles. The van der Waals surface area contributed by atoms with Crippen LogP contribution in [-0.4, -0.2) is 24.3 Å². The van der Waals surface area contributed by atoms with Crippen LogP contribution in [0.4, 0.5) is 0 Å². The Morgan fingerprint density at radius 3 is 2.45 bits per heavy atom. The van der Waals surface area contributed by atoms with Crippen molar-refractivity contribution in [2.75, 3.05) is 13.7 Å². The van der Waals surface area contributed by atoms with Gasteiger partial charge in [0.15, 0.2) is 0 Å². The van der Waals surface area contributed by atoms with Gasteiger partial charge in [-0.15, -0.1) is 0 Å². The number of hydrogen-bond donors (Lipinski definition) is 0. The normalized spacial score (nSPS) is 15.4. The van der Waals surface area contributed by atoms with Crippen LogP contribution in [0.1, 0.15) is 53.0 Å². The van der Waals surface area contributed by atoms with Crippen LogP contribution in [0.25, 0.3) is 11.1 Å². The van der Waals surface area contributed by atoms with Crippen LogP contribution in [0.3, 0.4) is 0 Å². The van der Waals surface area contributed by atoms with Gasteiger partial charge in [-0.3, -0.25) is 4.79 Å². The minimum Gasteiger partial charge on any atom is -0.462 e. The molecule has 1 aliphatic carbocycles. The van der Waals surface area contributed by atoms with Crippen molar-refractivity contribution in [3.05, 3.63) is 93.4 Å². The van der Waals surface area contributed by atoms with Gasteiger partial charge in [-0.2, -0.15) is 0 Å². The van der Waals surface area contributed by atoms with Crippen molar-refractivity contribution >= 4 is 5.97 Å². The van der Waals surface area contributed by atoms with Crippen LogP contribution in [0, 0.1) is 0 Å². The number of pyridine rings is 1. The zero-order valence-corrected chi connectivity index (χ0v) is 18.0. The lowest BCUT2D eigenvalue weighted by atomic mass is 9.91. The number of esters is 1. The highest BCUT2D eigenvalue weighted by atomic mass is 16.5. The van der Waals surface area contributed by atoms with Crippen LogP contribution < -0.4 is 5.43 Å². The molecule has 3 aromatic rings. The van der Waals surface area contributed by atoms with E-state index in [9.17, 15) is 9.59 Å². The van der Waals surface area contributed by atoms with Crippen LogP contribution in [0.2, 0.25) is 0 Å². The number of methoxy groups -OCH3 is 1. The fourth-order valence-corrected chi connectivity index (χ4v) is 4.29. The molecule has 0 aliphatic heterocycles. The Balaban J connectivity index is 1.73. The van der Waals surface area contributed by atoms with Crippen molar-refractivity contribution in [1.82, 2.24) is 4.57 Å². The van der Waals surface area contributed by atoms with Gasteiger partial charge in [0.25, 0.3) is 0 Å². The molecule has 5 heteroatoms. The number of carbonyl (C=O) groups is 1. The highest BCUT2D eigenvalue weighted by molar-refractivity contribution is 5.89. The monoisotopic (exact) mass is 417 g/mol. The quantitative estimate of drug-likeness (QED) is 0.543. The standard InChI is InChI=1S/C26H27NO4/c1-3-31-26(29)21-17-27(22-10-7-11-23(30-2)24(22)25(21)28)16-18-12-14-20(15-13-18)19-8-5-4-6-9-19/h4-6,8-9,12-15,17,23H,3,7,10-11,16H2,1-2H3. The van der Waals surface area contributed by atoms with E-state index < -0.39 is 5.97 Å². The summed E-state index contributed by atoms with van der Waals surface area (Å²) in [6, 6.07) is 18.6. The minimum absolute atomic E-state index is 0.0745. The predicted molar refractivity (Wildman–Crippen MR) is 120 cm³/mol. The number of fused-ring (bicyclic) bond motifs is 1. The Morgan fingerprint density at radius 2 is 1.77 bits per heavy atom. The van der Waals surface area contributed by atoms with Gasteiger partial charge < -0.3 is 14.0 Å². The van der Waals surface area contributed by atoms with E-state index in [4.69, 9.17) is 9.47 Å². The molecular formula is C26H27NO4. The molecule has 1 atom stereocenters. The van der Waals surface area contributed by atoms with E-state index in [1.54, 1.807) is 20.2 Å². The number of benzene rings is 2. The second kappa shape index (κ2) is 9.31. The molecule has 1 heterocycles. The molecular weight excluding hydrogens is 390 g/mol. The lowest BCUT2D eigenvalue weighted by molar-refractivity contribution is 0.0521. The first kappa shape index (κ1) is 21.1. The van der Waals surface area contributed by atoms with E-state index in [1.165, 1.54) is 5.56 Å². The Bertz CT molecular complexity index is 1120. The lowest BCUT2D eigenvalue weighted by Crippen LogP contribution is -2.31. The number of carbonyl (C=O) groups excluding carboxylic acids is 1. The fourth-order valence-electron chi connectivity index (χ4n) is 4.29. The summed E-state index contributed by atoms with van der Waals surface area (Å²) in [7, 11) is 1.61. The van der Waals surface area contributed by atoms with Crippen molar-refractivity contribution in [2.24, 2.45) is 0 Å². The first-order valence-corrected chi connectivity index (χ1v) is 10.7. The molecule has 4 rings (SSSR count). The topological polar surface area (TPSA) is 57.5 Å². The second-order valence-corrected chi connectivity index (χ2v) is 7.76.